The minimum absolute atomic E-state index is 0.194. The number of hydrogen-bond donors (Lipinski definition) is 2. The van der Waals surface area contributed by atoms with Crippen molar-refractivity contribution in [2.45, 2.75) is 20.8 Å². The molecule has 0 atom stereocenters. The lowest BCUT2D eigenvalue weighted by atomic mass is 10.1. The van der Waals surface area contributed by atoms with Gasteiger partial charge in [0.15, 0.2) is 5.82 Å². The highest BCUT2D eigenvalue weighted by Gasteiger charge is 2.19. The van der Waals surface area contributed by atoms with E-state index in [2.05, 4.69) is 25.6 Å². The molecule has 2 N–H and O–H groups in total. The number of anilines is 4. The molecule has 196 valence electrons. The number of nitrogens with one attached hydrogen (secondary N) is 2. The van der Waals surface area contributed by atoms with E-state index in [9.17, 15) is 9.59 Å². The van der Waals surface area contributed by atoms with Crippen LogP contribution in [0.3, 0.4) is 0 Å². The van der Waals surface area contributed by atoms with Crippen molar-refractivity contribution in [2.75, 3.05) is 48.4 Å². The molecule has 0 radical (unpaired) electrons. The second-order valence-corrected chi connectivity index (χ2v) is 9.05. The van der Waals surface area contributed by atoms with Crippen molar-refractivity contribution in [3.63, 3.8) is 0 Å². The van der Waals surface area contributed by atoms with Crippen LogP contribution in [0.5, 0.6) is 0 Å². The van der Waals surface area contributed by atoms with Crippen LogP contribution in [-0.4, -0.2) is 59.4 Å². The molecule has 10 heteroatoms. The molecular formula is C28H30N6O4. The number of esters is 1. The Morgan fingerprint density at radius 2 is 1.92 bits per heavy atom. The van der Waals surface area contributed by atoms with Crippen molar-refractivity contribution < 1.29 is 19.1 Å². The van der Waals surface area contributed by atoms with Gasteiger partial charge in [-0.15, -0.1) is 0 Å². The highest BCUT2D eigenvalue weighted by Crippen LogP contribution is 2.29. The standard InChI is InChI=1S/C28H30N6O4/c1-4-38-28(36)23-16-34-25(19(23)3)26(29-17-30-34)32-24-15-21(9-8-18(24)2)31-27(35)20-6-5-7-22(14-20)33-10-12-37-13-11-33/h5-9,14-17H,4,10-13H2,1-3H3,(H,31,35)(H,29,30,32). The van der Waals surface area contributed by atoms with Crippen LogP contribution < -0.4 is 15.5 Å². The Labute approximate surface area is 220 Å². The molecule has 1 aliphatic rings. The molecule has 0 aliphatic carbocycles. The highest BCUT2D eigenvalue weighted by atomic mass is 16.5. The second kappa shape index (κ2) is 10.9. The summed E-state index contributed by atoms with van der Waals surface area (Å²) in [5.41, 5.74) is 5.78. The normalized spacial score (nSPS) is 13.4. The van der Waals surface area contributed by atoms with E-state index in [-0.39, 0.29) is 12.5 Å². The molecule has 5 rings (SSSR count). The van der Waals surface area contributed by atoms with Crippen molar-refractivity contribution in [3.05, 3.63) is 77.2 Å². The number of aryl methyl sites for hydroxylation is 2. The molecule has 1 amide bonds. The first-order chi connectivity index (χ1) is 18.4. The summed E-state index contributed by atoms with van der Waals surface area (Å²) in [6, 6.07) is 13.3. The number of carbonyl (C=O) groups excluding carboxylic acids is 2. The Morgan fingerprint density at radius 1 is 1.11 bits per heavy atom. The third kappa shape index (κ3) is 5.16. The van der Waals surface area contributed by atoms with Crippen LogP contribution >= 0.6 is 0 Å². The first kappa shape index (κ1) is 25.2. The van der Waals surface area contributed by atoms with E-state index in [1.165, 1.54) is 6.33 Å². The molecule has 2 aromatic carbocycles. The SMILES string of the molecule is CCOC(=O)c1cn2ncnc(Nc3cc(NC(=O)c4cccc(N5CCOCC5)c4)ccc3C)c2c1C. The predicted octanol–water partition coefficient (Wildman–Crippen LogP) is 4.36. The summed E-state index contributed by atoms with van der Waals surface area (Å²) >= 11 is 0. The van der Waals surface area contributed by atoms with E-state index in [1.807, 2.05) is 50.2 Å². The van der Waals surface area contributed by atoms with E-state index >= 15 is 0 Å². The number of carbonyl (C=O) groups is 2. The zero-order valence-electron chi connectivity index (χ0n) is 21.7. The van der Waals surface area contributed by atoms with Gasteiger partial charge in [-0.25, -0.2) is 14.3 Å². The molecule has 4 aromatic rings. The monoisotopic (exact) mass is 514 g/mol. The quantitative estimate of drug-likeness (QED) is 0.350. The Hall–Kier alpha value is -4.44. The molecule has 0 spiro atoms. The summed E-state index contributed by atoms with van der Waals surface area (Å²) in [5.74, 6) is -0.0567. The summed E-state index contributed by atoms with van der Waals surface area (Å²) < 4.78 is 12.2. The molecule has 0 bridgehead atoms. The van der Waals surface area contributed by atoms with Crippen LogP contribution in [0.1, 0.15) is 38.8 Å². The molecule has 3 heterocycles. The van der Waals surface area contributed by atoms with Gasteiger partial charge < -0.3 is 25.0 Å². The number of benzene rings is 2. The minimum atomic E-state index is -0.403. The number of hydrogen-bond acceptors (Lipinski definition) is 8. The van der Waals surface area contributed by atoms with Crippen LogP contribution in [0.25, 0.3) is 5.52 Å². The number of aromatic nitrogens is 3. The third-order valence-corrected chi connectivity index (χ3v) is 6.56. The molecule has 1 fully saturated rings. The lowest BCUT2D eigenvalue weighted by Crippen LogP contribution is -2.36. The van der Waals surface area contributed by atoms with Gasteiger partial charge in [-0.1, -0.05) is 12.1 Å². The molecule has 1 aliphatic heterocycles. The van der Waals surface area contributed by atoms with Crippen LogP contribution in [0.2, 0.25) is 0 Å². The number of morpholine rings is 1. The van der Waals surface area contributed by atoms with Crippen molar-refractivity contribution in [3.8, 4) is 0 Å². The van der Waals surface area contributed by atoms with Gasteiger partial charge in [0.05, 0.1) is 25.4 Å². The Balaban J connectivity index is 1.38. The largest absolute Gasteiger partial charge is 0.462 e. The van der Waals surface area contributed by atoms with E-state index < -0.39 is 5.97 Å². The van der Waals surface area contributed by atoms with Crippen molar-refractivity contribution >= 4 is 40.3 Å². The maximum atomic E-state index is 13.1. The minimum Gasteiger partial charge on any atom is -0.462 e. The number of rotatable bonds is 7. The topological polar surface area (TPSA) is 110 Å². The fraction of sp³-hybridized carbons (Fsp3) is 0.286. The molecule has 10 nitrogen and oxygen atoms in total. The van der Waals surface area contributed by atoms with Gasteiger partial charge in [0.25, 0.3) is 5.91 Å². The van der Waals surface area contributed by atoms with Crippen LogP contribution in [-0.2, 0) is 9.47 Å². The van der Waals surface area contributed by atoms with Crippen molar-refractivity contribution in [2.24, 2.45) is 0 Å². The fourth-order valence-corrected chi connectivity index (χ4v) is 4.50. The number of ether oxygens (including phenoxy) is 2. The molecule has 38 heavy (non-hydrogen) atoms. The number of fused-ring (bicyclic) bond motifs is 1. The average Bonchev–Trinajstić information content (AvgIpc) is 3.28. The fourth-order valence-electron chi connectivity index (χ4n) is 4.50. The first-order valence-electron chi connectivity index (χ1n) is 12.6. The summed E-state index contributed by atoms with van der Waals surface area (Å²) in [5, 5.41) is 10.6. The Morgan fingerprint density at radius 3 is 2.71 bits per heavy atom. The molecular weight excluding hydrogens is 484 g/mol. The second-order valence-electron chi connectivity index (χ2n) is 9.05. The van der Waals surface area contributed by atoms with E-state index in [1.54, 1.807) is 23.7 Å². The zero-order valence-corrected chi connectivity index (χ0v) is 21.7. The zero-order chi connectivity index (χ0) is 26.6. The number of amides is 1. The van der Waals surface area contributed by atoms with Crippen LogP contribution in [0.15, 0.2) is 55.0 Å². The van der Waals surface area contributed by atoms with Gasteiger partial charge >= 0.3 is 5.97 Å². The van der Waals surface area contributed by atoms with E-state index in [0.717, 1.165) is 30.0 Å². The Kier molecular flexibility index (Phi) is 7.23. The van der Waals surface area contributed by atoms with Gasteiger partial charge in [0, 0.05) is 41.9 Å². The number of nitrogens with zero attached hydrogens (tertiary/aromatic N) is 4. The lowest BCUT2D eigenvalue weighted by molar-refractivity contribution is 0.0525. The smallest absolute Gasteiger partial charge is 0.340 e. The summed E-state index contributed by atoms with van der Waals surface area (Å²) in [6.07, 6.45) is 3.07. The first-order valence-corrected chi connectivity index (χ1v) is 12.6. The highest BCUT2D eigenvalue weighted by molar-refractivity contribution is 6.05. The van der Waals surface area contributed by atoms with E-state index in [0.29, 0.717) is 46.9 Å². The molecule has 0 unspecified atom stereocenters. The molecule has 0 saturated carbocycles. The van der Waals surface area contributed by atoms with Crippen molar-refractivity contribution in [1.82, 2.24) is 14.6 Å². The summed E-state index contributed by atoms with van der Waals surface area (Å²) in [7, 11) is 0. The average molecular weight is 515 g/mol. The van der Waals surface area contributed by atoms with Gasteiger partial charge in [-0.3, -0.25) is 4.79 Å². The maximum Gasteiger partial charge on any atom is 0.340 e. The predicted molar refractivity (Wildman–Crippen MR) is 146 cm³/mol. The lowest BCUT2D eigenvalue weighted by Gasteiger charge is -2.29. The van der Waals surface area contributed by atoms with Crippen LogP contribution in [0, 0.1) is 13.8 Å². The van der Waals surface area contributed by atoms with Gasteiger partial charge in [-0.2, -0.15) is 5.10 Å². The van der Waals surface area contributed by atoms with Crippen molar-refractivity contribution in [1.29, 1.82) is 0 Å². The van der Waals surface area contributed by atoms with Crippen LogP contribution in [0.4, 0.5) is 22.9 Å². The maximum absolute atomic E-state index is 13.1. The van der Waals surface area contributed by atoms with Gasteiger partial charge in [0.2, 0.25) is 0 Å². The van der Waals surface area contributed by atoms with Gasteiger partial charge in [-0.05, 0) is 62.2 Å². The van der Waals surface area contributed by atoms with Gasteiger partial charge in [0.1, 0.15) is 11.8 Å². The summed E-state index contributed by atoms with van der Waals surface area (Å²) in [4.78, 5) is 32.1. The Bertz CT molecular complexity index is 1490. The third-order valence-electron chi connectivity index (χ3n) is 6.56. The van der Waals surface area contributed by atoms with E-state index in [4.69, 9.17) is 9.47 Å². The summed E-state index contributed by atoms with van der Waals surface area (Å²) in [6.45, 7) is 8.83. The molecule has 1 saturated heterocycles. The molecule has 2 aromatic heterocycles.